The molecule has 0 aliphatic rings. The zero-order chi connectivity index (χ0) is 13.0. The summed E-state index contributed by atoms with van der Waals surface area (Å²) in [6.07, 6.45) is 1.58. The maximum atomic E-state index is 5.78. The molecular weight excluding hydrogens is 252 g/mol. The van der Waals surface area contributed by atoms with E-state index in [0.29, 0.717) is 22.3 Å². The Balaban J connectivity index is 2.25. The Hall–Kier alpha value is -1.94. The molecule has 0 bridgehead atoms. The van der Waals surface area contributed by atoms with E-state index in [4.69, 9.17) is 21.1 Å². The van der Waals surface area contributed by atoms with E-state index in [0.717, 1.165) is 5.69 Å². The molecule has 0 spiro atoms. The number of benzene rings is 1. The molecule has 0 atom stereocenters. The second kappa shape index (κ2) is 5.60. The standard InChI is InChI=1S/C13H13ClN2O2/c1-17-11-5-10(6-12(7-11)18-2)16-13-4-3-9(14)8-15-13/h3-8H,1-2H3,(H,15,16). The molecule has 0 amide bonds. The molecule has 0 aliphatic carbocycles. The normalized spacial score (nSPS) is 9.94. The molecule has 1 aromatic heterocycles. The van der Waals surface area contributed by atoms with Gasteiger partial charge in [-0.3, -0.25) is 0 Å². The lowest BCUT2D eigenvalue weighted by atomic mass is 10.2. The Morgan fingerprint density at radius 2 is 1.72 bits per heavy atom. The van der Waals surface area contributed by atoms with Crippen molar-refractivity contribution in [3.63, 3.8) is 0 Å². The number of ether oxygens (including phenoxy) is 2. The Kier molecular flexibility index (Phi) is 3.89. The van der Waals surface area contributed by atoms with Crippen molar-refractivity contribution in [1.29, 1.82) is 0 Å². The number of nitrogens with one attached hydrogen (secondary N) is 1. The van der Waals surface area contributed by atoms with Crippen molar-refractivity contribution in [3.05, 3.63) is 41.6 Å². The smallest absolute Gasteiger partial charge is 0.130 e. The van der Waals surface area contributed by atoms with E-state index >= 15 is 0 Å². The molecule has 2 rings (SSSR count). The summed E-state index contributed by atoms with van der Waals surface area (Å²) in [6.45, 7) is 0. The van der Waals surface area contributed by atoms with Crippen LogP contribution in [-0.4, -0.2) is 19.2 Å². The third kappa shape index (κ3) is 3.05. The lowest BCUT2D eigenvalue weighted by Crippen LogP contribution is -1.95. The van der Waals surface area contributed by atoms with Gasteiger partial charge in [0.25, 0.3) is 0 Å². The number of anilines is 2. The summed E-state index contributed by atoms with van der Waals surface area (Å²) in [5, 5.41) is 3.75. The third-order valence-electron chi connectivity index (χ3n) is 2.35. The largest absolute Gasteiger partial charge is 0.497 e. The van der Waals surface area contributed by atoms with Crippen molar-refractivity contribution in [1.82, 2.24) is 4.98 Å². The molecule has 94 valence electrons. The van der Waals surface area contributed by atoms with Gasteiger partial charge in [0.05, 0.1) is 19.2 Å². The maximum Gasteiger partial charge on any atom is 0.130 e. The van der Waals surface area contributed by atoms with Crippen molar-refractivity contribution >= 4 is 23.1 Å². The van der Waals surface area contributed by atoms with Crippen LogP contribution in [0.25, 0.3) is 0 Å². The SMILES string of the molecule is COc1cc(Nc2ccc(Cl)cn2)cc(OC)c1. The lowest BCUT2D eigenvalue weighted by molar-refractivity contribution is 0.395. The number of rotatable bonds is 4. The summed E-state index contributed by atoms with van der Waals surface area (Å²) < 4.78 is 10.4. The first-order chi connectivity index (χ1) is 8.71. The van der Waals surface area contributed by atoms with E-state index in [1.807, 2.05) is 12.1 Å². The van der Waals surface area contributed by atoms with Gasteiger partial charge >= 0.3 is 0 Å². The van der Waals surface area contributed by atoms with E-state index in [2.05, 4.69) is 10.3 Å². The molecule has 0 fully saturated rings. The van der Waals surface area contributed by atoms with Crippen LogP contribution in [0.3, 0.4) is 0 Å². The van der Waals surface area contributed by atoms with Crippen LogP contribution in [0, 0.1) is 0 Å². The highest BCUT2D eigenvalue weighted by Gasteiger charge is 2.02. The minimum atomic E-state index is 0.601. The van der Waals surface area contributed by atoms with Crippen LogP contribution in [0.5, 0.6) is 11.5 Å². The predicted octanol–water partition coefficient (Wildman–Crippen LogP) is 3.50. The highest BCUT2D eigenvalue weighted by Crippen LogP contribution is 2.27. The van der Waals surface area contributed by atoms with Gasteiger partial charge in [-0.2, -0.15) is 0 Å². The van der Waals surface area contributed by atoms with Crippen molar-refractivity contribution in [2.24, 2.45) is 0 Å². The summed E-state index contributed by atoms with van der Waals surface area (Å²) in [5.74, 6) is 2.13. The van der Waals surface area contributed by atoms with Gasteiger partial charge in [0.15, 0.2) is 0 Å². The molecule has 5 heteroatoms. The van der Waals surface area contributed by atoms with Crippen LogP contribution in [-0.2, 0) is 0 Å². The molecule has 1 N–H and O–H groups in total. The first kappa shape index (κ1) is 12.5. The van der Waals surface area contributed by atoms with Crippen LogP contribution in [0.2, 0.25) is 5.02 Å². The number of nitrogens with zero attached hydrogens (tertiary/aromatic N) is 1. The topological polar surface area (TPSA) is 43.4 Å². The van der Waals surface area contributed by atoms with Crippen molar-refractivity contribution in [2.45, 2.75) is 0 Å². The van der Waals surface area contributed by atoms with Gasteiger partial charge in [0.1, 0.15) is 17.3 Å². The van der Waals surface area contributed by atoms with Gasteiger partial charge in [-0.15, -0.1) is 0 Å². The number of halogens is 1. The molecule has 18 heavy (non-hydrogen) atoms. The molecule has 0 saturated carbocycles. The zero-order valence-corrected chi connectivity index (χ0v) is 10.9. The van der Waals surface area contributed by atoms with Crippen molar-refractivity contribution < 1.29 is 9.47 Å². The van der Waals surface area contributed by atoms with Gasteiger partial charge in [-0.05, 0) is 12.1 Å². The Bertz CT molecular complexity index is 507. The van der Waals surface area contributed by atoms with Crippen LogP contribution in [0.4, 0.5) is 11.5 Å². The van der Waals surface area contributed by atoms with Gasteiger partial charge in [-0.1, -0.05) is 11.6 Å². The molecule has 0 unspecified atom stereocenters. The second-order valence-corrected chi connectivity index (χ2v) is 4.02. The molecule has 2 aromatic rings. The van der Waals surface area contributed by atoms with Crippen LogP contribution in [0.15, 0.2) is 36.5 Å². The molecular formula is C13H13ClN2O2. The average Bonchev–Trinajstić information content (AvgIpc) is 2.41. The average molecular weight is 265 g/mol. The van der Waals surface area contributed by atoms with E-state index < -0.39 is 0 Å². The van der Waals surface area contributed by atoms with Crippen molar-refractivity contribution in [3.8, 4) is 11.5 Å². The fourth-order valence-corrected chi connectivity index (χ4v) is 1.59. The van der Waals surface area contributed by atoms with E-state index in [-0.39, 0.29) is 0 Å². The Morgan fingerprint density at radius 1 is 1.06 bits per heavy atom. The first-order valence-electron chi connectivity index (χ1n) is 5.33. The first-order valence-corrected chi connectivity index (χ1v) is 5.70. The minimum absolute atomic E-state index is 0.601. The fourth-order valence-electron chi connectivity index (χ4n) is 1.48. The van der Waals surface area contributed by atoms with Crippen LogP contribution >= 0.6 is 11.6 Å². The molecule has 1 heterocycles. The lowest BCUT2D eigenvalue weighted by Gasteiger charge is -2.10. The van der Waals surface area contributed by atoms with Gasteiger partial charge < -0.3 is 14.8 Å². The quantitative estimate of drug-likeness (QED) is 0.918. The summed E-state index contributed by atoms with van der Waals surface area (Å²) in [5.41, 5.74) is 0.834. The van der Waals surface area contributed by atoms with E-state index in [1.54, 1.807) is 38.6 Å². The van der Waals surface area contributed by atoms with Crippen LogP contribution in [0.1, 0.15) is 0 Å². The molecule has 0 radical (unpaired) electrons. The third-order valence-corrected chi connectivity index (χ3v) is 2.57. The maximum absolute atomic E-state index is 5.78. The summed E-state index contributed by atoms with van der Waals surface area (Å²) >= 11 is 5.78. The minimum Gasteiger partial charge on any atom is -0.497 e. The van der Waals surface area contributed by atoms with Gasteiger partial charge in [0, 0.05) is 30.1 Å². The fraction of sp³-hybridized carbons (Fsp3) is 0.154. The highest BCUT2D eigenvalue weighted by molar-refractivity contribution is 6.30. The van der Waals surface area contributed by atoms with Crippen LogP contribution < -0.4 is 14.8 Å². The second-order valence-electron chi connectivity index (χ2n) is 3.59. The van der Waals surface area contributed by atoms with Crippen molar-refractivity contribution in [2.75, 3.05) is 19.5 Å². The number of hydrogen-bond donors (Lipinski definition) is 1. The number of pyridine rings is 1. The monoisotopic (exact) mass is 264 g/mol. The number of hydrogen-bond acceptors (Lipinski definition) is 4. The number of methoxy groups -OCH3 is 2. The zero-order valence-electron chi connectivity index (χ0n) is 10.1. The Labute approximate surface area is 111 Å². The van der Waals surface area contributed by atoms with Gasteiger partial charge in [-0.25, -0.2) is 4.98 Å². The highest BCUT2D eigenvalue weighted by atomic mass is 35.5. The summed E-state index contributed by atoms with van der Waals surface area (Å²) in [7, 11) is 3.22. The van der Waals surface area contributed by atoms with E-state index in [9.17, 15) is 0 Å². The molecule has 0 saturated heterocycles. The Morgan fingerprint density at radius 3 is 2.22 bits per heavy atom. The molecule has 1 aromatic carbocycles. The summed E-state index contributed by atoms with van der Waals surface area (Å²) in [4.78, 5) is 4.16. The predicted molar refractivity (Wildman–Crippen MR) is 72.1 cm³/mol. The van der Waals surface area contributed by atoms with Gasteiger partial charge in [0.2, 0.25) is 0 Å². The number of aromatic nitrogens is 1. The molecule has 0 aliphatic heterocycles. The molecule has 4 nitrogen and oxygen atoms in total. The summed E-state index contributed by atoms with van der Waals surface area (Å²) in [6, 6.07) is 9.10. The van der Waals surface area contributed by atoms with E-state index in [1.165, 1.54) is 0 Å².